The van der Waals surface area contributed by atoms with E-state index < -0.39 is 27.5 Å². The van der Waals surface area contributed by atoms with E-state index >= 15 is 0 Å². The number of rotatable bonds is 6. The van der Waals surface area contributed by atoms with Crippen molar-refractivity contribution in [1.82, 2.24) is 5.32 Å². The molecule has 0 aromatic heterocycles. The normalized spacial score (nSPS) is 12.2. The van der Waals surface area contributed by atoms with Crippen LogP contribution in [0.3, 0.4) is 0 Å². The van der Waals surface area contributed by atoms with Crippen molar-refractivity contribution in [2.75, 3.05) is 5.75 Å². The fourth-order valence-corrected chi connectivity index (χ4v) is 3.92. The molecule has 0 aliphatic rings. The average Bonchev–Trinajstić information content (AvgIpc) is 2.56. The molecule has 1 unspecified atom stereocenters. The number of amides is 1. The Labute approximate surface area is 162 Å². The van der Waals surface area contributed by atoms with Crippen molar-refractivity contribution in [3.05, 3.63) is 69.2 Å². The van der Waals surface area contributed by atoms with Crippen LogP contribution in [0.15, 0.2) is 42.5 Å². The Kier molecular flexibility index (Phi) is 6.65. The maximum atomic E-state index is 12.2. The van der Waals surface area contributed by atoms with Gasteiger partial charge in [0.15, 0.2) is 9.84 Å². The van der Waals surface area contributed by atoms with Gasteiger partial charge in [-0.15, -0.1) is 0 Å². The van der Waals surface area contributed by atoms with E-state index in [1.165, 1.54) is 12.1 Å². The predicted octanol–water partition coefficient (Wildman–Crippen LogP) is 3.66. The summed E-state index contributed by atoms with van der Waals surface area (Å²) in [5, 5.41) is 12.2. The lowest BCUT2D eigenvalue weighted by Crippen LogP contribution is -2.32. The van der Waals surface area contributed by atoms with E-state index in [-0.39, 0.29) is 5.75 Å². The molecule has 0 aliphatic carbocycles. The Hall–Kier alpha value is -2.07. The third kappa shape index (κ3) is 5.73. The summed E-state index contributed by atoms with van der Waals surface area (Å²) in [6.07, 6.45) is 0. The van der Waals surface area contributed by atoms with Gasteiger partial charge < -0.3 is 5.32 Å². The molecule has 0 bridgehead atoms. The molecule has 0 radical (unpaired) electrons. The average molecular weight is 411 g/mol. The largest absolute Gasteiger partial charge is 0.349 e. The minimum Gasteiger partial charge on any atom is -0.349 e. The predicted molar refractivity (Wildman–Crippen MR) is 102 cm³/mol. The van der Waals surface area contributed by atoms with E-state index in [0.29, 0.717) is 21.2 Å². The molecule has 0 spiro atoms. The van der Waals surface area contributed by atoms with Crippen molar-refractivity contribution >= 4 is 38.9 Å². The molecular formula is C18H16Cl2N2O3S. The highest BCUT2D eigenvalue weighted by molar-refractivity contribution is 7.91. The molecule has 136 valence electrons. The molecule has 8 heteroatoms. The number of hydrogen-bond donors (Lipinski definition) is 1. The molecule has 0 heterocycles. The fraction of sp³-hybridized carbons (Fsp3) is 0.222. The summed E-state index contributed by atoms with van der Waals surface area (Å²) in [5.74, 6) is -1.50. The third-order valence-corrected chi connectivity index (χ3v) is 5.86. The lowest BCUT2D eigenvalue weighted by atomic mass is 10.1. The number of carbonyl (C=O) groups is 1. The summed E-state index contributed by atoms with van der Waals surface area (Å²) < 4.78 is 24.4. The molecule has 26 heavy (non-hydrogen) atoms. The molecule has 2 aromatic carbocycles. The Morgan fingerprint density at radius 3 is 2.38 bits per heavy atom. The van der Waals surface area contributed by atoms with E-state index in [4.69, 9.17) is 28.5 Å². The van der Waals surface area contributed by atoms with Crippen LogP contribution in [-0.4, -0.2) is 20.1 Å². The number of hydrogen-bond acceptors (Lipinski definition) is 4. The van der Waals surface area contributed by atoms with Gasteiger partial charge in [-0.05, 0) is 42.3 Å². The van der Waals surface area contributed by atoms with Crippen LogP contribution in [0.2, 0.25) is 10.0 Å². The van der Waals surface area contributed by atoms with Crippen LogP contribution in [0, 0.1) is 11.3 Å². The van der Waals surface area contributed by atoms with E-state index in [1.807, 2.05) is 6.07 Å². The zero-order valence-electron chi connectivity index (χ0n) is 13.9. The fourth-order valence-electron chi connectivity index (χ4n) is 2.33. The van der Waals surface area contributed by atoms with Crippen molar-refractivity contribution in [3.8, 4) is 6.07 Å². The van der Waals surface area contributed by atoms with Gasteiger partial charge in [0, 0.05) is 0 Å². The quantitative estimate of drug-likeness (QED) is 0.786. The molecular weight excluding hydrogens is 395 g/mol. The molecule has 1 amide bonds. The second kappa shape index (κ2) is 8.54. The van der Waals surface area contributed by atoms with Crippen molar-refractivity contribution < 1.29 is 13.2 Å². The van der Waals surface area contributed by atoms with Crippen LogP contribution >= 0.6 is 23.2 Å². The number of nitrogens with zero attached hydrogens (tertiary/aromatic N) is 1. The topological polar surface area (TPSA) is 87.0 Å². The van der Waals surface area contributed by atoms with Crippen molar-refractivity contribution in [1.29, 1.82) is 5.26 Å². The number of nitrogens with one attached hydrogen (secondary N) is 1. The number of nitriles is 1. The van der Waals surface area contributed by atoms with Crippen LogP contribution in [0.4, 0.5) is 0 Å². The van der Waals surface area contributed by atoms with Gasteiger partial charge >= 0.3 is 0 Å². The number of halogens is 2. The summed E-state index contributed by atoms with van der Waals surface area (Å²) in [7, 11) is -3.64. The van der Waals surface area contributed by atoms with Crippen molar-refractivity contribution in [2.24, 2.45) is 0 Å². The summed E-state index contributed by atoms with van der Waals surface area (Å²) >= 11 is 11.8. The van der Waals surface area contributed by atoms with Gasteiger partial charge in [0.25, 0.3) is 0 Å². The molecule has 0 saturated heterocycles. The maximum absolute atomic E-state index is 12.2. The first-order valence-corrected chi connectivity index (χ1v) is 10.2. The summed E-state index contributed by atoms with van der Waals surface area (Å²) in [6, 6.07) is 12.7. The molecule has 5 nitrogen and oxygen atoms in total. The Morgan fingerprint density at radius 2 is 1.81 bits per heavy atom. The van der Waals surface area contributed by atoms with E-state index in [2.05, 4.69) is 5.32 Å². The number of carbonyl (C=O) groups excluding carboxylic acids is 1. The van der Waals surface area contributed by atoms with E-state index in [9.17, 15) is 13.2 Å². The van der Waals surface area contributed by atoms with Gasteiger partial charge in [0.1, 0.15) is 5.75 Å². The molecule has 0 aliphatic heterocycles. The SMILES string of the molecule is CC(NC(=O)CS(=O)(=O)Cc1ccc(C#N)cc1)c1ccc(Cl)c(Cl)c1. The molecule has 0 fully saturated rings. The lowest BCUT2D eigenvalue weighted by Gasteiger charge is -2.15. The molecule has 0 saturated carbocycles. The Balaban J connectivity index is 1.98. The first kappa shape index (κ1) is 20.2. The van der Waals surface area contributed by atoms with Crippen molar-refractivity contribution in [3.63, 3.8) is 0 Å². The minimum atomic E-state index is -3.64. The smallest absolute Gasteiger partial charge is 0.235 e. The summed E-state index contributed by atoms with van der Waals surface area (Å²) in [4.78, 5) is 12.1. The standard InChI is InChI=1S/C18H16Cl2N2O3S/c1-12(15-6-7-16(19)17(20)8-15)22-18(23)11-26(24,25)10-14-4-2-13(9-21)3-5-14/h2-8,12H,10-11H2,1H3,(H,22,23). The van der Waals surface area contributed by atoms with E-state index in [1.54, 1.807) is 37.3 Å². The van der Waals surface area contributed by atoms with Crippen LogP contribution in [0.5, 0.6) is 0 Å². The van der Waals surface area contributed by atoms with Crippen LogP contribution in [0.1, 0.15) is 29.7 Å². The monoisotopic (exact) mass is 410 g/mol. The number of sulfone groups is 1. The highest BCUT2D eigenvalue weighted by atomic mass is 35.5. The highest BCUT2D eigenvalue weighted by Crippen LogP contribution is 2.25. The highest BCUT2D eigenvalue weighted by Gasteiger charge is 2.19. The molecule has 2 aromatic rings. The molecule has 1 N–H and O–H groups in total. The van der Waals surface area contributed by atoms with Crippen LogP contribution < -0.4 is 5.32 Å². The zero-order chi connectivity index (χ0) is 19.3. The Morgan fingerprint density at radius 1 is 1.15 bits per heavy atom. The summed E-state index contributed by atoms with van der Waals surface area (Å²) in [5.41, 5.74) is 1.69. The summed E-state index contributed by atoms with van der Waals surface area (Å²) in [6.45, 7) is 1.73. The van der Waals surface area contributed by atoms with Gasteiger partial charge in [-0.3, -0.25) is 4.79 Å². The Bertz CT molecular complexity index is 951. The van der Waals surface area contributed by atoms with Gasteiger partial charge in [0.2, 0.25) is 5.91 Å². The first-order valence-electron chi connectivity index (χ1n) is 7.64. The second-order valence-corrected chi connectivity index (χ2v) is 8.68. The van der Waals surface area contributed by atoms with Crippen LogP contribution in [0.25, 0.3) is 0 Å². The third-order valence-electron chi connectivity index (χ3n) is 3.64. The van der Waals surface area contributed by atoms with Gasteiger partial charge in [-0.2, -0.15) is 5.26 Å². The zero-order valence-corrected chi connectivity index (χ0v) is 16.2. The van der Waals surface area contributed by atoms with E-state index in [0.717, 1.165) is 5.56 Å². The lowest BCUT2D eigenvalue weighted by molar-refractivity contribution is -0.119. The van der Waals surface area contributed by atoms with Gasteiger partial charge in [-0.25, -0.2) is 8.42 Å². The maximum Gasteiger partial charge on any atom is 0.235 e. The number of benzene rings is 2. The minimum absolute atomic E-state index is 0.271. The second-order valence-electron chi connectivity index (χ2n) is 5.80. The molecule has 2 rings (SSSR count). The van der Waals surface area contributed by atoms with Gasteiger partial charge in [-0.1, -0.05) is 41.4 Å². The first-order chi connectivity index (χ1) is 12.2. The van der Waals surface area contributed by atoms with Crippen LogP contribution in [-0.2, 0) is 20.4 Å². The van der Waals surface area contributed by atoms with Gasteiger partial charge in [0.05, 0.1) is 33.5 Å². The molecule has 1 atom stereocenters. The van der Waals surface area contributed by atoms with Crippen molar-refractivity contribution in [2.45, 2.75) is 18.7 Å².